The number of sulfonamides is 1. The third kappa shape index (κ3) is 5.69. The predicted octanol–water partition coefficient (Wildman–Crippen LogP) is 3.78. The van der Waals surface area contributed by atoms with Gasteiger partial charge in [0.1, 0.15) is 6.04 Å². The second kappa shape index (κ2) is 9.74. The second-order valence-electron chi connectivity index (χ2n) is 7.74. The minimum Gasteiger partial charge on any atom is -0.289 e. The molecular formula is C19H27N3O4S3. The van der Waals surface area contributed by atoms with Gasteiger partial charge in [0, 0.05) is 5.75 Å². The summed E-state index contributed by atoms with van der Waals surface area (Å²) in [5, 5.41) is 8.87. The van der Waals surface area contributed by atoms with Crippen molar-refractivity contribution in [1.29, 1.82) is 0 Å². The van der Waals surface area contributed by atoms with E-state index in [1.54, 1.807) is 37.7 Å². The van der Waals surface area contributed by atoms with E-state index in [0.29, 0.717) is 0 Å². The van der Waals surface area contributed by atoms with Gasteiger partial charge in [-0.15, -0.1) is 11.3 Å². The van der Waals surface area contributed by atoms with Crippen molar-refractivity contribution in [2.75, 3.05) is 5.75 Å². The van der Waals surface area contributed by atoms with Crippen LogP contribution >= 0.6 is 23.1 Å². The Balaban J connectivity index is 1.75. The molecule has 1 aromatic carbocycles. The fourth-order valence-corrected chi connectivity index (χ4v) is 7.22. The molecule has 7 nitrogen and oxygen atoms in total. The topological polar surface area (TPSA) is 108 Å². The van der Waals surface area contributed by atoms with Crippen molar-refractivity contribution in [2.45, 2.75) is 61.2 Å². The lowest BCUT2D eigenvalue weighted by atomic mass is 9.91. The Bertz CT molecular complexity index is 953. The number of benzene rings is 1. The molecular weight excluding hydrogens is 430 g/mol. The number of nitrogens with one attached hydrogen (secondary N) is 2. The van der Waals surface area contributed by atoms with E-state index in [2.05, 4.69) is 9.71 Å². The molecule has 0 aliphatic heterocycles. The summed E-state index contributed by atoms with van der Waals surface area (Å²) < 4.78 is 29.6. The zero-order valence-corrected chi connectivity index (χ0v) is 19.0. The molecule has 3 N–H and O–H groups in total. The first kappa shape index (κ1) is 22.5. The van der Waals surface area contributed by atoms with Crippen LogP contribution in [-0.4, -0.2) is 36.3 Å². The smallest absolute Gasteiger partial charge is 0.261 e. The monoisotopic (exact) mass is 457 g/mol. The van der Waals surface area contributed by atoms with E-state index < -0.39 is 22.0 Å². The molecule has 29 heavy (non-hydrogen) atoms. The number of hydrogen-bond donors (Lipinski definition) is 3. The summed E-state index contributed by atoms with van der Waals surface area (Å²) in [7, 11) is -3.92. The van der Waals surface area contributed by atoms with E-state index in [1.807, 2.05) is 0 Å². The molecule has 0 saturated heterocycles. The van der Waals surface area contributed by atoms with Gasteiger partial charge in [0.2, 0.25) is 10.0 Å². The maximum Gasteiger partial charge on any atom is 0.261 e. The summed E-state index contributed by atoms with van der Waals surface area (Å²) in [6.07, 6.45) is 6.52. The number of hydrogen-bond acceptors (Lipinski definition) is 7. The lowest BCUT2D eigenvalue weighted by molar-refractivity contribution is -0.131. The number of thiazole rings is 1. The Morgan fingerprint density at radius 1 is 1.31 bits per heavy atom. The maximum atomic E-state index is 12.8. The molecule has 1 saturated carbocycles. The van der Waals surface area contributed by atoms with Crippen LogP contribution in [0.4, 0.5) is 0 Å². The predicted molar refractivity (Wildman–Crippen MR) is 116 cm³/mol. The molecule has 0 radical (unpaired) electrons. The van der Waals surface area contributed by atoms with E-state index in [4.69, 9.17) is 5.21 Å². The lowest BCUT2D eigenvalue weighted by Crippen LogP contribution is -2.48. The molecule has 10 heteroatoms. The van der Waals surface area contributed by atoms with Crippen LogP contribution in [0.5, 0.6) is 0 Å². The number of rotatable bonds is 8. The zero-order chi connectivity index (χ0) is 21.0. The summed E-state index contributed by atoms with van der Waals surface area (Å²) in [5.41, 5.74) is 2.29. The molecule has 0 unspecified atom stereocenters. The van der Waals surface area contributed by atoms with Crippen LogP contribution in [0.15, 0.2) is 27.4 Å². The second-order valence-corrected chi connectivity index (χ2v) is 11.8. The average Bonchev–Trinajstić information content (AvgIpc) is 3.12. The largest absolute Gasteiger partial charge is 0.289 e. The molecule has 3 rings (SSSR count). The van der Waals surface area contributed by atoms with Crippen molar-refractivity contribution in [2.24, 2.45) is 11.8 Å². The minimum atomic E-state index is -3.92. The van der Waals surface area contributed by atoms with Crippen molar-refractivity contribution in [3.63, 3.8) is 0 Å². The van der Waals surface area contributed by atoms with Gasteiger partial charge in [-0.3, -0.25) is 10.0 Å². The standard InChI is InChI=1S/C19H27N3O4S3/c1-12(2)17(18(23)21-24)22-29(25,26)14-8-9-15-16(10-14)28-19(20-15)27-11-13-6-4-3-5-7-13/h8-10,12-13,17,22,24H,3-7,11H2,1-2H3,(H,21,23)/t17-/m1/s1. The van der Waals surface area contributed by atoms with E-state index in [-0.39, 0.29) is 10.8 Å². The van der Waals surface area contributed by atoms with Gasteiger partial charge in [-0.25, -0.2) is 18.9 Å². The molecule has 1 aliphatic rings. The summed E-state index contributed by atoms with van der Waals surface area (Å²) >= 11 is 3.24. The Morgan fingerprint density at radius 3 is 2.69 bits per heavy atom. The van der Waals surface area contributed by atoms with Crippen LogP contribution in [-0.2, 0) is 14.8 Å². The fraction of sp³-hybridized carbons (Fsp3) is 0.579. The third-order valence-electron chi connectivity index (χ3n) is 5.16. The van der Waals surface area contributed by atoms with E-state index in [9.17, 15) is 13.2 Å². The zero-order valence-electron chi connectivity index (χ0n) is 16.6. The first-order chi connectivity index (χ1) is 13.8. The van der Waals surface area contributed by atoms with Gasteiger partial charge in [-0.2, -0.15) is 4.72 Å². The Hall–Kier alpha value is -1.20. The molecule has 1 fully saturated rings. The molecule has 0 spiro atoms. The average molecular weight is 458 g/mol. The summed E-state index contributed by atoms with van der Waals surface area (Å²) in [6.45, 7) is 3.40. The first-order valence-corrected chi connectivity index (χ1v) is 13.1. The number of fused-ring (bicyclic) bond motifs is 1. The highest BCUT2D eigenvalue weighted by molar-refractivity contribution is 8.01. The highest BCUT2D eigenvalue weighted by Gasteiger charge is 2.28. The van der Waals surface area contributed by atoms with E-state index in [1.165, 1.54) is 55.0 Å². The molecule has 0 bridgehead atoms. The molecule has 2 aromatic rings. The van der Waals surface area contributed by atoms with Gasteiger partial charge in [-0.05, 0) is 42.9 Å². The van der Waals surface area contributed by atoms with Crippen LogP contribution in [0.3, 0.4) is 0 Å². The van der Waals surface area contributed by atoms with Crippen molar-refractivity contribution in [3.8, 4) is 0 Å². The number of amides is 1. The summed E-state index contributed by atoms with van der Waals surface area (Å²) in [6, 6.07) is 3.72. The Labute approximate surface area is 179 Å². The minimum absolute atomic E-state index is 0.0777. The number of carbonyl (C=O) groups excluding carboxylic acids is 1. The van der Waals surface area contributed by atoms with Gasteiger partial charge < -0.3 is 0 Å². The Kier molecular flexibility index (Phi) is 7.55. The summed E-state index contributed by atoms with van der Waals surface area (Å²) in [4.78, 5) is 16.5. The van der Waals surface area contributed by atoms with Crippen LogP contribution in [0.1, 0.15) is 46.0 Å². The van der Waals surface area contributed by atoms with Crippen LogP contribution in [0.2, 0.25) is 0 Å². The van der Waals surface area contributed by atoms with Crippen molar-refractivity contribution < 1.29 is 18.4 Å². The third-order valence-corrected chi connectivity index (χ3v) is 8.99. The summed E-state index contributed by atoms with van der Waals surface area (Å²) in [5.74, 6) is 0.682. The normalized spacial score (nSPS) is 17.0. The lowest BCUT2D eigenvalue weighted by Gasteiger charge is -2.20. The van der Waals surface area contributed by atoms with Gasteiger partial charge in [0.25, 0.3) is 5.91 Å². The molecule has 1 aliphatic carbocycles. The highest BCUT2D eigenvalue weighted by atomic mass is 32.2. The quantitative estimate of drug-likeness (QED) is 0.316. The van der Waals surface area contributed by atoms with Crippen molar-refractivity contribution in [3.05, 3.63) is 18.2 Å². The van der Waals surface area contributed by atoms with Gasteiger partial charge in [-0.1, -0.05) is 44.9 Å². The van der Waals surface area contributed by atoms with Gasteiger partial charge >= 0.3 is 0 Å². The van der Waals surface area contributed by atoms with Gasteiger partial charge in [0.15, 0.2) is 4.34 Å². The molecule has 1 atom stereocenters. The number of thioether (sulfide) groups is 1. The molecule has 1 heterocycles. The van der Waals surface area contributed by atoms with Crippen LogP contribution < -0.4 is 10.2 Å². The molecule has 1 amide bonds. The SMILES string of the molecule is CC(C)[C@@H](NS(=O)(=O)c1ccc2nc(SCC3CCCCC3)sc2c1)C(=O)NO. The first-order valence-electron chi connectivity index (χ1n) is 9.80. The van der Waals surface area contributed by atoms with Crippen LogP contribution in [0, 0.1) is 11.8 Å². The van der Waals surface area contributed by atoms with Crippen LogP contribution in [0.25, 0.3) is 10.2 Å². The number of carbonyl (C=O) groups is 1. The maximum absolute atomic E-state index is 12.8. The van der Waals surface area contributed by atoms with E-state index >= 15 is 0 Å². The Morgan fingerprint density at radius 2 is 2.03 bits per heavy atom. The van der Waals surface area contributed by atoms with Crippen molar-refractivity contribution >= 4 is 49.2 Å². The van der Waals surface area contributed by atoms with E-state index in [0.717, 1.165) is 26.2 Å². The van der Waals surface area contributed by atoms with Crippen molar-refractivity contribution in [1.82, 2.24) is 15.2 Å². The number of aromatic nitrogens is 1. The molecule has 160 valence electrons. The highest BCUT2D eigenvalue weighted by Crippen LogP contribution is 2.34. The van der Waals surface area contributed by atoms with Gasteiger partial charge in [0.05, 0.1) is 15.1 Å². The molecule has 1 aromatic heterocycles. The fourth-order valence-electron chi connectivity index (χ4n) is 3.45. The number of nitrogens with zero attached hydrogens (tertiary/aromatic N) is 1. The number of hydroxylamine groups is 1.